The molecule has 20 heavy (non-hydrogen) atoms. The van der Waals surface area contributed by atoms with Crippen molar-refractivity contribution in [2.24, 2.45) is 0 Å². The first-order chi connectivity index (χ1) is 9.83. The van der Waals surface area contributed by atoms with Gasteiger partial charge in [0.05, 0.1) is 18.3 Å². The van der Waals surface area contributed by atoms with Crippen molar-refractivity contribution >= 4 is 0 Å². The first-order valence-corrected chi connectivity index (χ1v) is 7.14. The van der Waals surface area contributed by atoms with Crippen molar-refractivity contribution in [1.29, 1.82) is 0 Å². The summed E-state index contributed by atoms with van der Waals surface area (Å²) < 4.78 is 7.47. The summed E-state index contributed by atoms with van der Waals surface area (Å²) in [5.74, 6) is 0.804. The Labute approximate surface area is 119 Å². The number of ether oxygens (including phenoxy) is 1. The van der Waals surface area contributed by atoms with Crippen LogP contribution >= 0.6 is 0 Å². The molecule has 5 heteroatoms. The van der Waals surface area contributed by atoms with Crippen molar-refractivity contribution in [1.82, 2.24) is 20.1 Å². The van der Waals surface area contributed by atoms with E-state index < -0.39 is 0 Å². The van der Waals surface area contributed by atoms with Crippen LogP contribution in [0.5, 0.6) is 0 Å². The molecule has 0 aliphatic carbocycles. The van der Waals surface area contributed by atoms with Crippen LogP contribution in [0.3, 0.4) is 0 Å². The van der Waals surface area contributed by atoms with E-state index in [-0.39, 0.29) is 0 Å². The minimum atomic E-state index is 0.325. The van der Waals surface area contributed by atoms with Crippen molar-refractivity contribution in [3.8, 4) is 5.69 Å². The second-order valence-corrected chi connectivity index (χ2v) is 5.16. The average molecular weight is 272 g/mol. The normalized spacial score (nSPS) is 20.1. The molecule has 0 unspecified atom stereocenters. The summed E-state index contributed by atoms with van der Waals surface area (Å²) in [5, 5.41) is 7.92. The van der Waals surface area contributed by atoms with Gasteiger partial charge in [0.15, 0.2) is 5.82 Å². The summed E-state index contributed by atoms with van der Waals surface area (Å²) in [4.78, 5) is 4.34. The highest BCUT2D eigenvalue weighted by Crippen LogP contribution is 2.15. The summed E-state index contributed by atoms with van der Waals surface area (Å²) in [7, 11) is 0. The van der Waals surface area contributed by atoms with Crippen LogP contribution in [0.1, 0.15) is 25.6 Å². The molecule has 0 bridgehead atoms. The molecule has 0 spiro atoms. The van der Waals surface area contributed by atoms with Gasteiger partial charge in [0.2, 0.25) is 0 Å². The van der Waals surface area contributed by atoms with Gasteiger partial charge in [-0.2, -0.15) is 0 Å². The number of aromatic nitrogens is 3. The van der Waals surface area contributed by atoms with E-state index in [9.17, 15) is 0 Å². The van der Waals surface area contributed by atoms with Crippen molar-refractivity contribution in [2.75, 3.05) is 6.61 Å². The molecule has 0 saturated carbocycles. The van der Waals surface area contributed by atoms with Gasteiger partial charge in [-0.15, -0.1) is 5.10 Å². The molecule has 0 radical (unpaired) electrons. The lowest BCUT2D eigenvalue weighted by molar-refractivity contribution is 0.0830. The third kappa shape index (κ3) is 3.05. The van der Waals surface area contributed by atoms with Gasteiger partial charge in [-0.1, -0.05) is 18.2 Å². The van der Waals surface area contributed by atoms with Gasteiger partial charge in [-0.3, -0.25) is 0 Å². The van der Waals surface area contributed by atoms with E-state index in [0.29, 0.717) is 18.7 Å². The molecule has 106 valence electrons. The highest BCUT2D eigenvalue weighted by atomic mass is 16.5. The highest BCUT2D eigenvalue weighted by Gasteiger charge is 2.22. The SMILES string of the molecule is C[C@@H](NCc1ncn(-c2ccccc2)n1)[C@H]1CCCO1. The monoisotopic (exact) mass is 272 g/mol. The zero-order valence-electron chi connectivity index (χ0n) is 11.7. The fourth-order valence-corrected chi connectivity index (χ4v) is 2.46. The average Bonchev–Trinajstić information content (AvgIpc) is 3.17. The summed E-state index contributed by atoms with van der Waals surface area (Å²) in [6.45, 7) is 3.71. The van der Waals surface area contributed by atoms with Crippen molar-refractivity contribution in [2.45, 2.75) is 38.5 Å². The number of para-hydroxylation sites is 1. The second kappa shape index (κ2) is 6.15. The Balaban J connectivity index is 1.57. The Morgan fingerprint density at radius 3 is 3.00 bits per heavy atom. The van der Waals surface area contributed by atoms with Crippen molar-refractivity contribution in [3.63, 3.8) is 0 Å². The van der Waals surface area contributed by atoms with Crippen LogP contribution in [0.15, 0.2) is 36.7 Å². The molecule has 2 aromatic rings. The molecular formula is C15H20N4O. The molecule has 1 aromatic heterocycles. The molecular weight excluding hydrogens is 252 g/mol. The summed E-state index contributed by atoms with van der Waals surface area (Å²) >= 11 is 0. The van der Waals surface area contributed by atoms with Gasteiger partial charge >= 0.3 is 0 Å². The number of rotatable bonds is 5. The van der Waals surface area contributed by atoms with Gasteiger partial charge in [0.25, 0.3) is 0 Å². The maximum absolute atomic E-state index is 5.67. The Hall–Kier alpha value is -1.72. The van der Waals surface area contributed by atoms with Crippen molar-refractivity contribution in [3.05, 3.63) is 42.5 Å². The van der Waals surface area contributed by atoms with Gasteiger partial charge in [-0.25, -0.2) is 9.67 Å². The lowest BCUT2D eigenvalue weighted by Crippen LogP contribution is -2.36. The fraction of sp³-hybridized carbons (Fsp3) is 0.467. The van der Waals surface area contributed by atoms with E-state index >= 15 is 0 Å². The third-order valence-corrected chi connectivity index (χ3v) is 3.66. The Kier molecular flexibility index (Phi) is 4.08. The van der Waals surface area contributed by atoms with E-state index in [1.807, 2.05) is 30.3 Å². The Bertz CT molecular complexity index is 534. The summed E-state index contributed by atoms with van der Waals surface area (Å²) in [6, 6.07) is 10.3. The first-order valence-electron chi connectivity index (χ1n) is 7.14. The van der Waals surface area contributed by atoms with E-state index in [2.05, 4.69) is 22.3 Å². The second-order valence-electron chi connectivity index (χ2n) is 5.16. The van der Waals surface area contributed by atoms with Crippen LogP contribution in [0, 0.1) is 0 Å². The van der Waals surface area contributed by atoms with Crippen LogP contribution in [0.2, 0.25) is 0 Å². The summed E-state index contributed by atoms with van der Waals surface area (Å²) in [6.07, 6.45) is 4.38. The van der Waals surface area contributed by atoms with Crippen LogP contribution in [-0.4, -0.2) is 33.5 Å². The van der Waals surface area contributed by atoms with E-state index in [1.54, 1.807) is 11.0 Å². The summed E-state index contributed by atoms with van der Waals surface area (Å²) in [5.41, 5.74) is 1.03. The molecule has 1 fully saturated rings. The first kappa shape index (κ1) is 13.3. The maximum Gasteiger partial charge on any atom is 0.164 e. The number of hydrogen-bond donors (Lipinski definition) is 1. The van der Waals surface area contributed by atoms with Crippen LogP contribution in [0.25, 0.3) is 5.69 Å². The smallest absolute Gasteiger partial charge is 0.164 e. The van der Waals surface area contributed by atoms with Crippen LogP contribution < -0.4 is 5.32 Å². The largest absolute Gasteiger partial charge is 0.377 e. The molecule has 2 atom stereocenters. The van der Waals surface area contributed by atoms with Crippen molar-refractivity contribution < 1.29 is 4.74 Å². The predicted octanol–water partition coefficient (Wildman–Crippen LogP) is 1.92. The zero-order valence-corrected chi connectivity index (χ0v) is 11.7. The molecule has 2 heterocycles. The number of nitrogens with one attached hydrogen (secondary N) is 1. The number of hydrogen-bond acceptors (Lipinski definition) is 4. The lowest BCUT2D eigenvalue weighted by Gasteiger charge is -2.19. The quantitative estimate of drug-likeness (QED) is 0.903. The molecule has 1 aromatic carbocycles. The minimum absolute atomic E-state index is 0.325. The Morgan fingerprint density at radius 1 is 1.40 bits per heavy atom. The molecule has 5 nitrogen and oxygen atoms in total. The topological polar surface area (TPSA) is 52.0 Å². The van der Waals surface area contributed by atoms with Gasteiger partial charge in [0.1, 0.15) is 6.33 Å². The number of nitrogens with zero attached hydrogens (tertiary/aromatic N) is 3. The van der Waals surface area contributed by atoms with Gasteiger partial charge in [0, 0.05) is 12.6 Å². The van der Waals surface area contributed by atoms with E-state index in [0.717, 1.165) is 31.0 Å². The molecule has 1 aliphatic heterocycles. The van der Waals surface area contributed by atoms with E-state index in [4.69, 9.17) is 4.74 Å². The molecule has 1 aliphatic rings. The van der Waals surface area contributed by atoms with Crippen LogP contribution in [0.4, 0.5) is 0 Å². The third-order valence-electron chi connectivity index (χ3n) is 3.66. The lowest BCUT2D eigenvalue weighted by atomic mass is 10.1. The van der Waals surface area contributed by atoms with E-state index in [1.165, 1.54) is 0 Å². The molecule has 1 N–H and O–H groups in total. The van der Waals surface area contributed by atoms with Gasteiger partial charge < -0.3 is 10.1 Å². The highest BCUT2D eigenvalue weighted by molar-refractivity contribution is 5.29. The maximum atomic E-state index is 5.67. The fourth-order valence-electron chi connectivity index (χ4n) is 2.46. The number of benzene rings is 1. The minimum Gasteiger partial charge on any atom is -0.377 e. The molecule has 1 saturated heterocycles. The van der Waals surface area contributed by atoms with Crippen LogP contribution in [-0.2, 0) is 11.3 Å². The molecule has 0 amide bonds. The molecule has 3 rings (SSSR count). The van der Waals surface area contributed by atoms with Gasteiger partial charge in [-0.05, 0) is 31.9 Å². The zero-order chi connectivity index (χ0) is 13.8. The Morgan fingerprint density at radius 2 is 2.25 bits per heavy atom. The predicted molar refractivity (Wildman–Crippen MR) is 76.6 cm³/mol. The standard InChI is InChI=1S/C15H20N4O/c1-12(14-8-5-9-20-14)16-10-15-17-11-19(18-15)13-6-3-2-4-7-13/h2-4,6-7,11-12,14,16H,5,8-10H2,1H3/t12-,14-/m1/s1.